The number of aromatic nitrogens is 1. The first-order chi connectivity index (χ1) is 12.2. The minimum Gasteiger partial charge on any atom is -0.399 e. The number of nitrogens with two attached hydrogens (primary N) is 1. The van der Waals surface area contributed by atoms with Crippen molar-refractivity contribution in [1.82, 2.24) is 10.3 Å². The van der Waals surface area contributed by atoms with E-state index in [0.29, 0.717) is 13.0 Å². The Balaban J connectivity index is 0.00000182. The zero-order valence-electron chi connectivity index (χ0n) is 15.0. The molecule has 2 aromatic carbocycles. The van der Waals surface area contributed by atoms with Gasteiger partial charge in [-0.3, -0.25) is 4.79 Å². The van der Waals surface area contributed by atoms with E-state index in [1.54, 1.807) is 11.3 Å². The first kappa shape index (κ1) is 23.2. The highest BCUT2D eigenvalue weighted by Crippen LogP contribution is 2.22. The first-order valence-electron chi connectivity index (χ1n) is 8.66. The van der Waals surface area contributed by atoms with Gasteiger partial charge in [0.15, 0.2) is 0 Å². The minimum absolute atomic E-state index is 0. The molecule has 1 heterocycles. The summed E-state index contributed by atoms with van der Waals surface area (Å²) >= 11 is 1.75. The first-order valence-corrected chi connectivity index (χ1v) is 9.48. The molecule has 0 saturated heterocycles. The summed E-state index contributed by atoms with van der Waals surface area (Å²) in [4.78, 5) is 16.5. The molecule has 0 radical (unpaired) electrons. The van der Waals surface area contributed by atoms with E-state index in [-0.39, 0.29) is 30.7 Å². The lowest BCUT2D eigenvalue weighted by molar-refractivity contribution is -0.121. The van der Waals surface area contributed by atoms with E-state index in [1.165, 1.54) is 10.3 Å². The Bertz CT molecular complexity index is 804. The van der Waals surface area contributed by atoms with Crippen molar-refractivity contribution in [1.29, 1.82) is 0 Å². The number of amides is 1. The zero-order valence-corrected chi connectivity index (χ0v) is 17.5. The van der Waals surface area contributed by atoms with Gasteiger partial charge in [0.2, 0.25) is 5.91 Å². The highest BCUT2D eigenvalue weighted by atomic mass is 35.5. The van der Waals surface area contributed by atoms with Crippen molar-refractivity contribution in [2.75, 3.05) is 12.3 Å². The molecule has 146 valence electrons. The van der Waals surface area contributed by atoms with E-state index >= 15 is 0 Å². The third-order valence-electron chi connectivity index (χ3n) is 4.10. The van der Waals surface area contributed by atoms with Gasteiger partial charge < -0.3 is 11.1 Å². The van der Waals surface area contributed by atoms with Crippen LogP contribution in [0.4, 0.5) is 5.69 Å². The van der Waals surface area contributed by atoms with E-state index in [2.05, 4.69) is 16.4 Å². The van der Waals surface area contributed by atoms with Crippen LogP contribution in [-0.2, 0) is 17.6 Å². The Morgan fingerprint density at radius 3 is 2.48 bits per heavy atom. The standard InChI is InChI=1S/C20H23N3OS.2ClH/c21-16-11-9-15(10-12-16)13-14-22-19(24)7-3-4-8-20-23-17-5-1-2-6-18(17)25-20;;/h1-2,5-6,9-12H,3-4,7-8,13-14,21H2,(H,22,24);2*1H. The minimum atomic E-state index is 0. The number of benzene rings is 2. The molecule has 0 saturated carbocycles. The molecular weight excluding hydrogens is 401 g/mol. The number of halogens is 2. The van der Waals surface area contributed by atoms with Gasteiger partial charge >= 0.3 is 0 Å². The third-order valence-corrected chi connectivity index (χ3v) is 5.19. The predicted molar refractivity (Wildman–Crippen MR) is 119 cm³/mol. The highest BCUT2D eigenvalue weighted by molar-refractivity contribution is 7.18. The lowest BCUT2D eigenvalue weighted by Crippen LogP contribution is -2.25. The van der Waals surface area contributed by atoms with Gasteiger partial charge in [0, 0.05) is 18.7 Å². The van der Waals surface area contributed by atoms with Crippen molar-refractivity contribution in [3.05, 3.63) is 59.1 Å². The van der Waals surface area contributed by atoms with Crippen LogP contribution in [0.2, 0.25) is 0 Å². The fraction of sp³-hybridized carbons (Fsp3) is 0.300. The second kappa shape index (κ2) is 11.8. The molecule has 1 amide bonds. The molecule has 7 heteroatoms. The SMILES string of the molecule is Cl.Cl.Nc1ccc(CCNC(=O)CCCCc2nc3ccccc3s2)cc1. The number of nitrogens with zero attached hydrogens (tertiary/aromatic N) is 1. The summed E-state index contributed by atoms with van der Waals surface area (Å²) in [5.41, 5.74) is 8.68. The molecule has 0 atom stereocenters. The maximum absolute atomic E-state index is 11.9. The van der Waals surface area contributed by atoms with Gasteiger partial charge in [-0.25, -0.2) is 4.98 Å². The average molecular weight is 426 g/mol. The molecule has 27 heavy (non-hydrogen) atoms. The van der Waals surface area contributed by atoms with Gasteiger partial charge in [-0.05, 0) is 55.5 Å². The maximum Gasteiger partial charge on any atom is 0.220 e. The summed E-state index contributed by atoms with van der Waals surface area (Å²) in [5.74, 6) is 0.125. The van der Waals surface area contributed by atoms with Crippen molar-refractivity contribution in [2.24, 2.45) is 0 Å². The van der Waals surface area contributed by atoms with Crippen LogP contribution in [0.15, 0.2) is 48.5 Å². The van der Waals surface area contributed by atoms with Crippen LogP contribution < -0.4 is 11.1 Å². The number of anilines is 1. The van der Waals surface area contributed by atoms with Gasteiger partial charge in [0.05, 0.1) is 15.2 Å². The van der Waals surface area contributed by atoms with E-state index in [1.807, 2.05) is 42.5 Å². The largest absolute Gasteiger partial charge is 0.399 e. The number of thiazole rings is 1. The molecular formula is C20H25Cl2N3OS. The Morgan fingerprint density at radius 2 is 1.74 bits per heavy atom. The number of hydrogen-bond donors (Lipinski definition) is 2. The Kier molecular flexibility index (Phi) is 10.1. The van der Waals surface area contributed by atoms with Gasteiger partial charge in [-0.15, -0.1) is 36.2 Å². The summed E-state index contributed by atoms with van der Waals surface area (Å²) in [6.45, 7) is 0.667. The van der Waals surface area contributed by atoms with E-state index in [4.69, 9.17) is 5.73 Å². The Hall–Kier alpha value is -1.82. The summed E-state index contributed by atoms with van der Waals surface area (Å²) in [5, 5.41) is 4.14. The van der Waals surface area contributed by atoms with Crippen LogP contribution in [0.1, 0.15) is 29.8 Å². The molecule has 0 aliphatic carbocycles. The number of rotatable bonds is 8. The molecule has 3 aromatic rings. The van der Waals surface area contributed by atoms with Crippen LogP contribution in [0, 0.1) is 0 Å². The number of carbonyl (C=O) groups is 1. The van der Waals surface area contributed by atoms with Crippen molar-refractivity contribution >= 4 is 58.0 Å². The smallest absolute Gasteiger partial charge is 0.220 e. The summed E-state index contributed by atoms with van der Waals surface area (Å²) < 4.78 is 1.23. The number of carbonyl (C=O) groups excluding carboxylic acids is 1. The van der Waals surface area contributed by atoms with Gasteiger partial charge in [0.25, 0.3) is 0 Å². The van der Waals surface area contributed by atoms with Crippen molar-refractivity contribution in [3.63, 3.8) is 0 Å². The predicted octanol–water partition coefficient (Wildman–Crippen LogP) is 4.79. The molecule has 0 unspecified atom stereocenters. The fourth-order valence-corrected chi connectivity index (χ4v) is 3.72. The van der Waals surface area contributed by atoms with Gasteiger partial charge in [-0.1, -0.05) is 24.3 Å². The highest BCUT2D eigenvalue weighted by Gasteiger charge is 2.05. The van der Waals surface area contributed by atoms with Crippen LogP contribution in [0.3, 0.4) is 0 Å². The molecule has 3 rings (SSSR count). The van der Waals surface area contributed by atoms with Crippen LogP contribution in [0.25, 0.3) is 10.2 Å². The molecule has 0 fully saturated rings. The van der Waals surface area contributed by atoms with Gasteiger partial charge in [-0.2, -0.15) is 0 Å². The number of unbranched alkanes of at least 4 members (excludes halogenated alkanes) is 1. The summed E-state index contributed by atoms with van der Waals surface area (Å²) in [6, 6.07) is 16.0. The molecule has 4 nitrogen and oxygen atoms in total. The maximum atomic E-state index is 11.9. The van der Waals surface area contributed by atoms with E-state index in [0.717, 1.165) is 41.9 Å². The number of fused-ring (bicyclic) bond motifs is 1. The second-order valence-corrected chi connectivity index (χ2v) is 7.24. The van der Waals surface area contributed by atoms with Crippen LogP contribution >= 0.6 is 36.2 Å². The quantitative estimate of drug-likeness (QED) is 0.402. The van der Waals surface area contributed by atoms with Gasteiger partial charge in [0.1, 0.15) is 0 Å². The Morgan fingerprint density at radius 1 is 1.00 bits per heavy atom. The monoisotopic (exact) mass is 425 g/mol. The number of nitrogen functional groups attached to an aromatic ring is 1. The lowest BCUT2D eigenvalue weighted by atomic mass is 10.1. The van der Waals surface area contributed by atoms with Crippen LogP contribution in [-0.4, -0.2) is 17.4 Å². The molecule has 0 aliphatic heterocycles. The average Bonchev–Trinajstić information content (AvgIpc) is 3.03. The molecule has 0 aliphatic rings. The zero-order chi connectivity index (χ0) is 17.5. The van der Waals surface area contributed by atoms with Crippen molar-refractivity contribution < 1.29 is 4.79 Å². The second-order valence-electron chi connectivity index (χ2n) is 6.12. The topological polar surface area (TPSA) is 68.0 Å². The molecule has 1 aromatic heterocycles. The number of aryl methyl sites for hydroxylation is 1. The molecule has 0 spiro atoms. The number of nitrogens with one attached hydrogen (secondary N) is 1. The van der Waals surface area contributed by atoms with E-state index < -0.39 is 0 Å². The number of hydrogen-bond acceptors (Lipinski definition) is 4. The molecule has 0 bridgehead atoms. The lowest BCUT2D eigenvalue weighted by Gasteiger charge is -2.05. The van der Waals surface area contributed by atoms with Crippen molar-refractivity contribution in [2.45, 2.75) is 32.1 Å². The van der Waals surface area contributed by atoms with Crippen molar-refractivity contribution in [3.8, 4) is 0 Å². The summed E-state index contributed by atoms with van der Waals surface area (Å²) in [7, 11) is 0. The normalized spacial score (nSPS) is 10.1. The fourth-order valence-electron chi connectivity index (χ4n) is 2.71. The molecule has 3 N–H and O–H groups in total. The number of para-hydroxylation sites is 1. The van der Waals surface area contributed by atoms with E-state index in [9.17, 15) is 4.79 Å². The summed E-state index contributed by atoms with van der Waals surface area (Å²) in [6.07, 6.45) is 4.23. The van der Waals surface area contributed by atoms with Crippen LogP contribution in [0.5, 0.6) is 0 Å². The third kappa shape index (κ3) is 7.37. The Labute approximate surface area is 176 Å².